The van der Waals surface area contributed by atoms with E-state index >= 15 is 0 Å². The van der Waals surface area contributed by atoms with Gasteiger partial charge in [0.15, 0.2) is 0 Å². The number of halogens is 4. The lowest BCUT2D eigenvalue weighted by atomic mass is 10.1. The molecule has 1 heterocycles. The number of hydrogen-bond donors (Lipinski definition) is 0. The van der Waals surface area contributed by atoms with Gasteiger partial charge in [-0.05, 0) is 30.7 Å². The zero-order chi connectivity index (χ0) is 20.6. The molecular weight excluding hydrogens is 448 g/mol. The van der Waals surface area contributed by atoms with Crippen molar-refractivity contribution in [2.45, 2.75) is 19.8 Å². The van der Waals surface area contributed by atoms with E-state index in [1.54, 1.807) is 0 Å². The summed E-state index contributed by atoms with van der Waals surface area (Å²) >= 11 is 24.2. The van der Waals surface area contributed by atoms with Crippen molar-refractivity contribution in [3.8, 4) is 0 Å². The molecule has 1 aliphatic heterocycles. The van der Waals surface area contributed by atoms with Crippen LogP contribution in [-0.2, 0) is 4.74 Å². The number of hydrogen-bond acceptors (Lipinski definition) is 4. The number of esters is 1. The van der Waals surface area contributed by atoms with Gasteiger partial charge in [0, 0.05) is 0 Å². The third-order valence-electron chi connectivity index (χ3n) is 4.19. The highest BCUT2D eigenvalue weighted by Gasteiger charge is 2.42. The van der Waals surface area contributed by atoms with Crippen LogP contribution >= 0.6 is 46.4 Å². The number of benzene rings is 2. The molecule has 0 spiro atoms. The molecule has 0 atom stereocenters. The lowest BCUT2D eigenvalue weighted by Gasteiger charge is -2.14. The molecule has 3 rings (SSSR count). The molecular formula is C19H13Cl4NO4. The molecule has 9 heteroatoms. The molecule has 0 N–H and O–H groups in total. The van der Waals surface area contributed by atoms with E-state index in [4.69, 9.17) is 51.1 Å². The second-order valence-electron chi connectivity index (χ2n) is 5.99. The van der Waals surface area contributed by atoms with Gasteiger partial charge in [-0.2, -0.15) is 0 Å². The van der Waals surface area contributed by atoms with Gasteiger partial charge in [0.2, 0.25) is 0 Å². The van der Waals surface area contributed by atoms with Crippen molar-refractivity contribution >= 4 is 69.9 Å². The number of unbranched alkanes of at least 4 members (excludes halogenated alkanes) is 1. The van der Waals surface area contributed by atoms with Crippen LogP contribution in [0.1, 0.15) is 50.8 Å². The predicted octanol–water partition coefficient (Wildman–Crippen LogP) is 6.06. The zero-order valence-corrected chi connectivity index (χ0v) is 17.5. The van der Waals surface area contributed by atoms with E-state index < -0.39 is 17.8 Å². The van der Waals surface area contributed by atoms with Gasteiger partial charge >= 0.3 is 5.97 Å². The zero-order valence-electron chi connectivity index (χ0n) is 14.5. The minimum Gasteiger partial charge on any atom is -0.462 e. The van der Waals surface area contributed by atoms with Crippen molar-refractivity contribution in [2.24, 2.45) is 0 Å². The number of ether oxygens (including phenoxy) is 1. The largest absolute Gasteiger partial charge is 0.462 e. The van der Waals surface area contributed by atoms with Gasteiger partial charge in [-0.1, -0.05) is 59.7 Å². The van der Waals surface area contributed by atoms with E-state index in [1.165, 1.54) is 24.3 Å². The first kappa shape index (κ1) is 20.9. The summed E-state index contributed by atoms with van der Waals surface area (Å²) in [5.41, 5.74) is 0.345. The molecule has 0 unspecified atom stereocenters. The number of nitrogens with zero attached hydrogens (tertiary/aromatic N) is 1. The summed E-state index contributed by atoms with van der Waals surface area (Å²) in [6.45, 7) is 2.32. The molecule has 2 amide bonds. The average molecular weight is 461 g/mol. The molecule has 0 aromatic heterocycles. The van der Waals surface area contributed by atoms with Gasteiger partial charge in [0.25, 0.3) is 11.8 Å². The predicted molar refractivity (Wildman–Crippen MR) is 109 cm³/mol. The number of rotatable bonds is 5. The maximum atomic E-state index is 12.8. The van der Waals surface area contributed by atoms with Gasteiger partial charge in [0.1, 0.15) is 0 Å². The number of carbonyl (C=O) groups is 3. The summed E-state index contributed by atoms with van der Waals surface area (Å²) < 4.78 is 5.13. The number of amides is 2. The maximum Gasteiger partial charge on any atom is 0.338 e. The smallest absolute Gasteiger partial charge is 0.338 e. The fourth-order valence-electron chi connectivity index (χ4n) is 2.72. The second kappa shape index (κ2) is 8.29. The first-order chi connectivity index (χ1) is 13.3. The van der Waals surface area contributed by atoms with Crippen LogP contribution < -0.4 is 4.90 Å². The summed E-state index contributed by atoms with van der Waals surface area (Å²) in [5, 5.41) is -0.466. The number of carbonyl (C=O) groups excluding carboxylic acids is 3. The summed E-state index contributed by atoms with van der Waals surface area (Å²) in [6.07, 6.45) is 1.68. The van der Waals surface area contributed by atoms with Gasteiger partial charge in [-0.3, -0.25) is 9.59 Å². The molecule has 0 radical (unpaired) electrons. The molecule has 5 nitrogen and oxygen atoms in total. The average Bonchev–Trinajstić information content (AvgIpc) is 2.95. The molecule has 0 saturated carbocycles. The third-order valence-corrected chi connectivity index (χ3v) is 6.00. The monoisotopic (exact) mass is 459 g/mol. The normalized spacial score (nSPS) is 13.1. The first-order valence-corrected chi connectivity index (χ1v) is 9.82. The molecule has 1 aliphatic rings. The molecule has 0 aliphatic carbocycles. The molecule has 28 heavy (non-hydrogen) atoms. The summed E-state index contributed by atoms with van der Waals surface area (Å²) in [6, 6.07) is 5.86. The third kappa shape index (κ3) is 3.48. The highest BCUT2D eigenvalue weighted by Crippen LogP contribution is 2.45. The van der Waals surface area contributed by atoms with Crippen LogP contribution in [0, 0.1) is 0 Å². The Balaban J connectivity index is 1.92. The summed E-state index contributed by atoms with van der Waals surface area (Å²) in [5.74, 6) is -1.83. The van der Waals surface area contributed by atoms with E-state index in [9.17, 15) is 14.4 Å². The Labute approximate surface area is 181 Å². The van der Waals surface area contributed by atoms with Crippen LogP contribution in [0.25, 0.3) is 0 Å². The van der Waals surface area contributed by atoms with Gasteiger partial charge in [-0.15, -0.1) is 0 Å². The van der Waals surface area contributed by atoms with Crippen LogP contribution in [0.2, 0.25) is 20.1 Å². The molecule has 0 saturated heterocycles. The maximum absolute atomic E-state index is 12.8. The SMILES string of the molecule is CCCCOC(=O)c1ccc(N2C(=O)c3c(Cl)c(Cl)c(Cl)c(Cl)c3C2=O)cc1. The summed E-state index contributed by atoms with van der Waals surface area (Å²) in [4.78, 5) is 38.5. The Bertz CT molecular complexity index is 942. The highest BCUT2D eigenvalue weighted by atomic mass is 35.5. The van der Waals surface area contributed by atoms with Crippen LogP contribution in [0.3, 0.4) is 0 Å². The van der Waals surface area contributed by atoms with Crippen molar-refractivity contribution < 1.29 is 19.1 Å². The van der Waals surface area contributed by atoms with Crippen molar-refractivity contribution in [1.82, 2.24) is 0 Å². The Morgan fingerprint density at radius 3 is 1.86 bits per heavy atom. The lowest BCUT2D eigenvalue weighted by Crippen LogP contribution is -2.29. The van der Waals surface area contributed by atoms with Gasteiger partial charge in [0.05, 0.1) is 49.1 Å². The molecule has 2 aromatic carbocycles. The van der Waals surface area contributed by atoms with Crippen LogP contribution in [0.4, 0.5) is 5.69 Å². The van der Waals surface area contributed by atoms with Crippen molar-refractivity contribution in [3.63, 3.8) is 0 Å². The number of anilines is 1. The van der Waals surface area contributed by atoms with E-state index in [0.29, 0.717) is 12.2 Å². The minimum atomic E-state index is -0.677. The first-order valence-electron chi connectivity index (χ1n) is 8.31. The minimum absolute atomic E-state index is 0.0970. The van der Waals surface area contributed by atoms with Crippen LogP contribution in [0.15, 0.2) is 24.3 Å². The topological polar surface area (TPSA) is 63.7 Å². The van der Waals surface area contributed by atoms with Crippen LogP contribution in [-0.4, -0.2) is 24.4 Å². The standard InChI is InChI=1S/C19H13Cl4NO4/c1-2-3-8-28-19(27)9-4-6-10(7-5-9)24-17(25)11-12(18(24)26)14(21)16(23)15(22)13(11)20/h4-7H,2-3,8H2,1H3. The Kier molecular flexibility index (Phi) is 6.20. The lowest BCUT2D eigenvalue weighted by molar-refractivity contribution is 0.0499. The van der Waals surface area contributed by atoms with Crippen molar-refractivity contribution in [3.05, 3.63) is 61.0 Å². The fraction of sp³-hybridized carbons (Fsp3) is 0.211. The number of imide groups is 1. The highest BCUT2D eigenvalue weighted by molar-refractivity contribution is 6.56. The molecule has 2 aromatic rings. The van der Waals surface area contributed by atoms with Crippen LogP contribution in [0.5, 0.6) is 0 Å². The van der Waals surface area contributed by atoms with E-state index in [0.717, 1.165) is 17.7 Å². The molecule has 146 valence electrons. The molecule has 0 bridgehead atoms. The number of fused-ring (bicyclic) bond motifs is 1. The fourth-order valence-corrected chi connectivity index (χ4v) is 3.74. The summed E-state index contributed by atoms with van der Waals surface area (Å²) in [7, 11) is 0. The Hall–Kier alpha value is -1.79. The Morgan fingerprint density at radius 2 is 1.39 bits per heavy atom. The van der Waals surface area contributed by atoms with Crippen molar-refractivity contribution in [2.75, 3.05) is 11.5 Å². The molecule has 0 fully saturated rings. The van der Waals surface area contributed by atoms with E-state index in [2.05, 4.69) is 0 Å². The Morgan fingerprint density at radius 1 is 0.893 bits per heavy atom. The van der Waals surface area contributed by atoms with E-state index in [1.807, 2.05) is 6.92 Å². The second-order valence-corrected chi connectivity index (χ2v) is 7.50. The van der Waals surface area contributed by atoms with Crippen molar-refractivity contribution in [1.29, 1.82) is 0 Å². The van der Waals surface area contributed by atoms with Gasteiger partial charge < -0.3 is 4.74 Å². The quantitative estimate of drug-likeness (QED) is 0.179. The van der Waals surface area contributed by atoms with E-state index in [-0.39, 0.29) is 36.9 Å². The van der Waals surface area contributed by atoms with Gasteiger partial charge in [-0.25, -0.2) is 9.69 Å².